The first-order chi connectivity index (χ1) is 6.74. The Morgan fingerprint density at radius 1 is 1.57 bits per heavy atom. The fourth-order valence-electron chi connectivity index (χ4n) is 1.69. The van der Waals surface area contributed by atoms with Gasteiger partial charge in [-0.15, -0.1) is 0 Å². The zero-order valence-electron chi connectivity index (χ0n) is 8.92. The summed E-state index contributed by atoms with van der Waals surface area (Å²) in [7, 11) is 0. The number of hydrogen-bond acceptors (Lipinski definition) is 3. The minimum Gasteiger partial charge on any atom is -0.449 e. The number of nitrogens with one attached hydrogen (secondary N) is 1. The molecule has 1 aromatic heterocycles. The Bertz CT molecular complexity index is 289. The second kappa shape index (κ2) is 4.13. The molecule has 0 spiro atoms. The van der Waals surface area contributed by atoms with Crippen molar-refractivity contribution < 1.29 is 4.42 Å². The summed E-state index contributed by atoms with van der Waals surface area (Å²) in [5.41, 5.74) is 1.10. The van der Waals surface area contributed by atoms with Crippen molar-refractivity contribution in [3.05, 3.63) is 17.8 Å². The summed E-state index contributed by atoms with van der Waals surface area (Å²) in [5, 5.41) is 3.25. The largest absolute Gasteiger partial charge is 0.449 e. The third-order valence-corrected chi connectivity index (χ3v) is 2.55. The normalized spacial score (nSPS) is 17.4. The molecule has 14 heavy (non-hydrogen) atoms. The van der Waals surface area contributed by atoms with Gasteiger partial charge >= 0.3 is 0 Å². The van der Waals surface area contributed by atoms with Crippen LogP contribution in [0.2, 0.25) is 0 Å². The van der Waals surface area contributed by atoms with Gasteiger partial charge in [-0.05, 0) is 31.3 Å². The van der Waals surface area contributed by atoms with Crippen LogP contribution in [-0.2, 0) is 12.8 Å². The van der Waals surface area contributed by atoms with Gasteiger partial charge < -0.3 is 9.73 Å². The predicted octanol–water partition coefficient (Wildman–Crippen LogP) is 1.64. The van der Waals surface area contributed by atoms with Crippen molar-refractivity contribution in [2.24, 2.45) is 11.8 Å². The van der Waals surface area contributed by atoms with Gasteiger partial charge in [-0.3, -0.25) is 0 Å². The molecule has 1 saturated heterocycles. The van der Waals surface area contributed by atoms with E-state index in [0.29, 0.717) is 5.92 Å². The Hall–Kier alpha value is -0.830. The van der Waals surface area contributed by atoms with Gasteiger partial charge in [-0.25, -0.2) is 4.98 Å². The molecule has 3 nitrogen and oxygen atoms in total. The first-order valence-corrected chi connectivity index (χ1v) is 5.38. The van der Waals surface area contributed by atoms with E-state index in [1.54, 1.807) is 6.26 Å². The van der Waals surface area contributed by atoms with Gasteiger partial charge in [0.2, 0.25) is 0 Å². The summed E-state index contributed by atoms with van der Waals surface area (Å²) in [6.45, 7) is 6.62. The highest BCUT2D eigenvalue weighted by Crippen LogP contribution is 2.14. The smallest absolute Gasteiger partial charge is 0.194 e. The molecular formula is C11H18N2O. The average Bonchev–Trinajstić information content (AvgIpc) is 2.44. The quantitative estimate of drug-likeness (QED) is 0.791. The zero-order valence-corrected chi connectivity index (χ0v) is 8.92. The second-order valence-corrected chi connectivity index (χ2v) is 4.56. The van der Waals surface area contributed by atoms with Crippen LogP contribution in [0.3, 0.4) is 0 Å². The van der Waals surface area contributed by atoms with E-state index >= 15 is 0 Å². The van der Waals surface area contributed by atoms with Gasteiger partial charge in [0.15, 0.2) is 5.89 Å². The fourth-order valence-corrected chi connectivity index (χ4v) is 1.69. The number of rotatable bonds is 4. The van der Waals surface area contributed by atoms with Crippen molar-refractivity contribution in [1.82, 2.24) is 10.3 Å². The molecule has 2 rings (SSSR count). The maximum atomic E-state index is 5.43. The van der Waals surface area contributed by atoms with E-state index in [1.807, 2.05) is 0 Å². The van der Waals surface area contributed by atoms with Crippen LogP contribution in [0, 0.1) is 11.8 Å². The van der Waals surface area contributed by atoms with Crippen LogP contribution < -0.4 is 5.32 Å². The first kappa shape index (κ1) is 9.71. The van der Waals surface area contributed by atoms with Crippen molar-refractivity contribution >= 4 is 0 Å². The summed E-state index contributed by atoms with van der Waals surface area (Å²) in [6.07, 6.45) is 3.82. The fraction of sp³-hybridized carbons (Fsp3) is 0.727. The van der Waals surface area contributed by atoms with Crippen molar-refractivity contribution in [2.45, 2.75) is 26.7 Å². The maximum Gasteiger partial charge on any atom is 0.194 e. The van der Waals surface area contributed by atoms with Crippen LogP contribution in [0.25, 0.3) is 0 Å². The molecule has 0 unspecified atom stereocenters. The van der Waals surface area contributed by atoms with Crippen molar-refractivity contribution in [1.29, 1.82) is 0 Å². The molecule has 0 saturated carbocycles. The Balaban J connectivity index is 1.88. The zero-order chi connectivity index (χ0) is 9.97. The van der Waals surface area contributed by atoms with E-state index in [4.69, 9.17) is 4.42 Å². The Morgan fingerprint density at radius 3 is 2.93 bits per heavy atom. The van der Waals surface area contributed by atoms with Crippen molar-refractivity contribution in [3.63, 3.8) is 0 Å². The monoisotopic (exact) mass is 194 g/mol. The standard InChI is InChI=1S/C11H18N2O/c1-8(2)3-10-7-14-11(13-10)4-9-5-12-6-9/h7-9,12H,3-6H2,1-2H3. The number of aromatic nitrogens is 1. The summed E-state index contributed by atoms with van der Waals surface area (Å²) in [5.74, 6) is 2.30. The van der Waals surface area contributed by atoms with E-state index in [0.717, 1.165) is 43.4 Å². The molecule has 0 aromatic carbocycles. The molecule has 0 bridgehead atoms. The Morgan fingerprint density at radius 2 is 2.36 bits per heavy atom. The van der Waals surface area contributed by atoms with Gasteiger partial charge in [-0.2, -0.15) is 0 Å². The molecule has 3 heteroatoms. The predicted molar refractivity (Wildman–Crippen MR) is 55.1 cm³/mol. The Kier molecular flexibility index (Phi) is 2.87. The average molecular weight is 194 g/mol. The van der Waals surface area contributed by atoms with Gasteiger partial charge in [-0.1, -0.05) is 13.8 Å². The number of nitrogens with zero attached hydrogens (tertiary/aromatic N) is 1. The van der Waals surface area contributed by atoms with E-state index in [9.17, 15) is 0 Å². The van der Waals surface area contributed by atoms with Crippen molar-refractivity contribution in [2.75, 3.05) is 13.1 Å². The van der Waals surface area contributed by atoms with E-state index in [1.165, 1.54) is 0 Å². The SMILES string of the molecule is CC(C)Cc1coc(CC2CNC2)n1. The third kappa shape index (κ3) is 2.35. The molecule has 0 radical (unpaired) electrons. The van der Waals surface area contributed by atoms with Crippen LogP contribution in [0.15, 0.2) is 10.7 Å². The maximum absolute atomic E-state index is 5.43. The molecule has 1 fully saturated rings. The van der Waals surface area contributed by atoms with E-state index in [2.05, 4.69) is 24.1 Å². The highest BCUT2D eigenvalue weighted by molar-refractivity contribution is 4.99. The van der Waals surface area contributed by atoms with Crippen LogP contribution >= 0.6 is 0 Å². The summed E-state index contributed by atoms with van der Waals surface area (Å²) in [6, 6.07) is 0. The number of hydrogen-bond donors (Lipinski definition) is 1. The molecule has 1 aliphatic rings. The second-order valence-electron chi connectivity index (χ2n) is 4.56. The van der Waals surface area contributed by atoms with Crippen LogP contribution in [-0.4, -0.2) is 18.1 Å². The lowest BCUT2D eigenvalue weighted by Crippen LogP contribution is -2.43. The van der Waals surface area contributed by atoms with Gasteiger partial charge in [0.05, 0.1) is 5.69 Å². The molecule has 1 aliphatic heterocycles. The minimum atomic E-state index is 0.651. The highest BCUT2D eigenvalue weighted by atomic mass is 16.3. The van der Waals surface area contributed by atoms with Crippen LogP contribution in [0.4, 0.5) is 0 Å². The molecule has 1 N–H and O–H groups in total. The molecule has 0 amide bonds. The lowest BCUT2D eigenvalue weighted by Gasteiger charge is -2.25. The molecule has 0 atom stereocenters. The third-order valence-electron chi connectivity index (χ3n) is 2.55. The van der Waals surface area contributed by atoms with E-state index in [-0.39, 0.29) is 0 Å². The highest BCUT2D eigenvalue weighted by Gasteiger charge is 2.19. The molecule has 2 heterocycles. The van der Waals surface area contributed by atoms with Crippen LogP contribution in [0.5, 0.6) is 0 Å². The van der Waals surface area contributed by atoms with Gasteiger partial charge in [0.1, 0.15) is 6.26 Å². The van der Waals surface area contributed by atoms with Gasteiger partial charge in [0.25, 0.3) is 0 Å². The molecule has 1 aromatic rings. The lowest BCUT2D eigenvalue weighted by molar-refractivity contribution is 0.318. The van der Waals surface area contributed by atoms with E-state index < -0.39 is 0 Å². The first-order valence-electron chi connectivity index (χ1n) is 5.38. The minimum absolute atomic E-state index is 0.651. The van der Waals surface area contributed by atoms with Crippen molar-refractivity contribution in [3.8, 4) is 0 Å². The lowest BCUT2D eigenvalue weighted by atomic mass is 10.00. The summed E-state index contributed by atoms with van der Waals surface area (Å²) in [4.78, 5) is 4.48. The summed E-state index contributed by atoms with van der Waals surface area (Å²) < 4.78 is 5.43. The topological polar surface area (TPSA) is 38.1 Å². The van der Waals surface area contributed by atoms with Gasteiger partial charge in [0, 0.05) is 6.42 Å². The molecular weight excluding hydrogens is 176 g/mol. The molecule has 0 aliphatic carbocycles. The Labute approximate surface area is 84.9 Å². The number of oxazole rings is 1. The van der Waals surface area contributed by atoms with Crippen LogP contribution in [0.1, 0.15) is 25.4 Å². The summed E-state index contributed by atoms with van der Waals surface area (Å²) >= 11 is 0. The molecule has 78 valence electrons.